The van der Waals surface area contributed by atoms with Crippen molar-refractivity contribution < 1.29 is 5.11 Å². The molecule has 0 fully saturated rings. The van der Waals surface area contributed by atoms with E-state index in [0.29, 0.717) is 13.0 Å². The highest BCUT2D eigenvalue weighted by Gasteiger charge is 2.04. The molecule has 1 rings (SSSR count). The van der Waals surface area contributed by atoms with Gasteiger partial charge in [-0.2, -0.15) is 0 Å². The summed E-state index contributed by atoms with van der Waals surface area (Å²) in [6.07, 6.45) is 7.77. The molecule has 0 spiro atoms. The Bertz CT molecular complexity index is 406. The van der Waals surface area contributed by atoms with Crippen LogP contribution in [0.1, 0.15) is 12.5 Å². The average Bonchev–Trinajstić information content (AvgIpc) is 2.40. The van der Waals surface area contributed by atoms with Gasteiger partial charge in [0.25, 0.3) is 0 Å². The Balaban J connectivity index is 2.39. The van der Waals surface area contributed by atoms with E-state index in [1.165, 1.54) is 0 Å². The molecule has 0 aliphatic carbocycles. The SMILES string of the molecule is C=C/C=C\C(=C/C)NCC(O)Cc1ccccc1. The van der Waals surface area contributed by atoms with E-state index in [1.54, 1.807) is 6.08 Å². The number of hydrogen-bond donors (Lipinski definition) is 2. The highest BCUT2D eigenvalue weighted by Crippen LogP contribution is 2.03. The van der Waals surface area contributed by atoms with Crippen LogP contribution >= 0.6 is 0 Å². The Labute approximate surface area is 109 Å². The highest BCUT2D eigenvalue weighted by atomic mass is 16.3. The van der Waals surface area contributed by atoms with Crippen molar-refractivity contribution in [2.24, 2.45) is 0 Å². The van der Waals surface area contributed by atoms with Gasteiger partial charge in [0, 0.05) is 18.7 Å². The molecule has 0 aliphatic rings. The number of hydrogen-bond acceptors (Lipinski definition) is 2. The summed E-state index contributed by atoms with van der Waals surface area (Å²) in [7, 11) is 0. The minimum Gasteiger partial charge on any atom is -0.391 e. The van der Waals surface area contributed by atoms with Gasteiger partial charge in [-0.15, -0.1) is 0 Å². The Morgan fingerprint density at radius 3 is 2.72 bits per heavy atom. The van der Waals surface area contributed by atoms with E-state index in [2.05, 4.69) is 11.9 Å². The lowest BCUT2D eigenvalue weighted by Gasteiger charge is -2.13. The van der Waals surface area contributed by atoms with E-state index in [0.717, 1.165) is 11.3 Å². The van der Waals surface area contributed by atoms with Crippen molar-refractivity contribution in [3.8, 4) is 0 Å². The maximum Gasteiger partial charge on any atom is 0.0752 e. The van der Waals surface area contributed by atoms with Gasteiger partial charge in [0.05, 0.1) is 6.10 Å². The normalized spacial score (nSPS) is 13.6. The summed E-state index contributed by atoms with van der Waals surface area (Å²) in [5.41, 5.74) is 2.14. The van der Waals surface area contributed by atoms with Gasteiger partial charge >= 0.3 is 0 Å². The van der Waals surface area contributed by atoms with Crippen LogP contribution in [0.5, 0.6) is 0 Å². The lowest BCUT2D eigenvalue weighted by Crippen LogP contribution is -2.27. The second kappa shape index (κ2) is 8.31. The molecule has 2 N–H and O–H groups in total. The fourth-order valence-corrected chi connectivity index (χ4v) is 1.62. The van der Waals surface area contributed by atoms with Gasteiger partial charge in [0.15, 0.2) is 0 Å². The molecule has 18 heavy (non-hydrogen) atoms. The third-order valence-corrected chi connectivity index (χ3v) is 2.58. The van der Waals surface area contributed by atoms with Crippen molar-refractivity contribution >= 4 is 0 Å². The number of aliphatic hydroxyl groups excluding tert-OH is 1. The highest BCUT2D eigenvalue weighted by molar-refractivity contribution is 5.20. The second-order valence-electron chi connectivity index (χ2n) is 4.06. The van der Waals surface area contributed by atoms with Gasteiger partial charge in [0.1, 0.15) is 0 Å². The minimum absolute atomic E-state index is 0.389. The molecule has 0 aromatic heterocycles. The van der Waals surface area contributed by atoms with Crippen LogP contribution < -0.4 is 5.32 Å². The van der Waals surface area contributed by atoms with E-state index >= 15 is 0 Å². The zero-order valence-corrected chi connectivity index (χ0v) is 10.8. The van der Waals surface area contributed by atoms with E-state index < -0.39 is 0 Å². The number of nitrogens with one attached hydrogen (secondary N) is 1. The second-order valence-corrected chi connectivity index (χ2v) is 4.06. The molecule has 0 saturated carbocycles. The molecule has 0 radical (unpaired) electrons. The van der Waals surface area contributed by atoms with Gasteiger partial charge in [0.2, 0.25) is 0 Å². The zero-order chi connectivity index (χ0) is 13.2. The lowest BCUT2D eigenvalue weighted by molar-refractivity contribution is 0.175. The molecule has 96 valence electrons. The minimum atomic E-state index is -0.389. The maximum absolute atomic E-state index is 9.94. The zero-order valence-electron chi connectivity index (χ0n) is 10.8. The molecule has 0 saturated heterocycles. The predicted molar refractivity (Wildman–Crippen MR) is 77.2 cm³/mol. The Morgan fingerprint density at radius 2 is 2.11 bits per heavy atom. The van der Waals surface area contributed by atoms with Crippen LogP contribution in [0.2, 0.25) is 0 Å². The van der Waals surface area contributed by atoms with Gasteiger partial charge in [-0.1, -0.05) is 55.1 Å². The summed E-state index contributed by atoms with van der Waals surface area (Å²) in [6.45, 7) is 6.12. The maximum atomic E-state index is 9.94. The largest absolute Gasteiger partial charge is 0.391 e. The molecule has 1 aromatic rings. The Morgan fingerprint density at radius 1 is 1.39 bits per heavy atom. The van der Waals surface area contributed by atoms with E-state index in [-0.39, 0.29) is 6.10 Å². The fourth-order valence-electron chi connectivity index (χ4n) is 1.62. The third kappa shape index (κ3) is 5.51. The number of benzene rings is 1. The van der Waals surface area contributed by atoms with Crippen LogP contribution in [-0.2, 0) is 6.42 Å². The number of allylic oxidation sites excluding steroid dienone is 4. The first kappa shape index (κ1) is 14.3. The quantitative estimate of drug-likeness (QED) is 0.722. The van der Waals surface area contributed by atoms with E-state index in [4.69, 9.17) is 0 Å². The van der Waals surface area contributed by atoms with Crippen LogP contribution in [0.15, 0.2) is 66.9 Å². The van der Waals surface area contributed by atoms with Crippen molar-refractivity contribution in [3.05, 3.63) is 72.5 Å². The first-order chi connectivity index (χ1) is 8.76. The average molecular weight is 243 g/mol. The molecule has 1 unspecified atom stereocenters. The molecule has 1 aromatic carbocycles. The van der Waals surface area contributed by atoms with E-state index in [1.807, 2.05) is 55.5 Å². The lowest BCUT2D eigenvalue weighted by atomic mass is 10.1. The van der Waals surface area contributed by atoms with Crippen molar-refractivity contribution in [2.75, 3.05) is 6.54 Å². The number of aliphatic hydroxyl groups is 1. The van der Waals surface area contributed by atoms with Gasteiger partial charge in [-0.25, -0.2) is 0 Å². The monoisotopic (exact) mass is 243 g/mol. The van der Waals surface area contributed by atoms with Crippen molar-refractivity contribution in [1.29, 1.82) is 0 Å². The standard InChI is InChI=1S/C16H21NO/c1-3-5-11-15(4-2)17-13-16(18)12-14-9-7-6-8-10-14/h3-11,16-18H,1,12-13H2,2H3/b11-5-,15-4+. The van der Waals surface area contributed by atoms with Gasteiger partial charge in [-0.05, 0) is 18.6 Å². The topological polar surface area (TPSA) is 32.3 Å². The van der Waals surface area contributed by atoms with Crippen LogP contribution in [0.4, 0.5) is 0 Å². The summed E-state index contributed by atoms with van der Waals surface area (Å²) in [6, 6.07) is 10.0. The fraction of sp³-hybridized carbons (Fsp3) is 0.250. The van der Waals surface area contributed by atoms with Crippen molar-refractivity contribution in [1.82, 2.24) is 5.32 Å². The predicted octanol–water partition coefficient (Wildman–Crippen LogP) is 2.83. The van der Waals surface area contributed by atoms with Crippen LogP contribution in [0, 0.1) is 0 Å². The first-order valence-corrected chi connectivity index (χ1v) is 6.17. The summed E-state index contributed by atoms with van der Waals surface area (Å²) in [5, 5.41) is 13.1. The first-order valence-electron chi connectivity index (χ1n) is 6.17. The number of rotatable bonds is 7. The van der Waals surface area contributed by atoms with Crippen LogP contribution in [0.3, 0.4) is 0 Å². The van der Waals surface area contributed by atoms with Crippen molar-refractivity contribution in [3.63, 3.8) is 0 Å². The van der Waals surface area contributed by atoms with E-state index in [9.17, 15) is 5.11 Å². The third-order valence-electron chi connectivity index (χ3n) is 2.58. The summed E-state index contributed by atoms with van der Waals surface area (Å²) < 4.78 is 0. The molecule has 2 nitrogen and oxygen atoms in total. The molecule has 2 heteroatoms. The van der Waals surface area contributed by atoms with Crippen molar-refractivity contribution in [2.45, 2.75) is 19.4 Å². The molecule has 0 aliphatic heterocycles. The summed E-state index contributed by atoms with van der Waals surface area (Å²) in [4.78, 5) is 0. The van der Waals surface area contributed by atoms with Crippen LogP contribution in [-0.4, -0.2) is 17.8 Å². The Kier molecular flexibility index (Phi) is 6.59. The molecular formula is C16H21NO. The van der Waals surface area contributed by atoms with Gasteiger partial charge in [-0.3, -0.25) is 0 Å². The molecule has 0 heterocycles. The summed E-state index contributed by atoms with van der Waals surface area (Å²) in [5.74, 6) is 0. The molecule has 0 bridgehead atoms. The molecule has 1 atom stereocenters. The van der Waals surface area contributed by atoms with Crippen LogP contribution in [0.25, 0.3) is 0 Å². The molecule has 0 amide bonds. The summed E-state index contributed by atoms with van der Waals surface area (Å²) >= 11 is 0. The molecular weight excluding hydrogens is 222 g/mol. The smallest absolute Gasteiger partial charge is 0.0752 e. The van der Waals surface area contributed by atoms with Gasteiger partial charge < -0.3 is 10.4 Å². The Hall–Kier alpha value is -1.80.